The average Bonchev–Trinajstić information content (AvgIpc) is 3.22. The van der Waals surface area contributed by atoms with E-state index in [0.29, 0.717) is 66.2 Å². The summed E-state index contributed by atoms with van der Waals surface area (Å²) in [5, 5.41) is 11.6. The highest BCUT2D eigenvalue weighted by Gasteiger charge is 2.48. The van der Waals surface area contributed by atoms with Crippen LogP contribution in [0.2, 0.25) is 0 Å². The first-order valence-corrected chi connectivity index (χ1v) is 12.3. The van der Waals surface area contributed by atoms with Crippen molar-refractivity contribution < 1.29 is 33.6 Å². The fraction of sp³-hybridized carbons (Fsp3) is 0.241. The third-order valence-corrected chi connectivity index (χ3v) is 7.01. The highest BCUT2D eigenvalue weighted by molar-refractivity contribution is 6.51. The number of likely N-dealkylation sites (N-methyl/N-ethyl adjacent to an activating group) is 1. The second-order valence-corrected chi connectivity index (χ2v) is 9.19. The molecule has 1 amide bonds. The Hall–Kier alpha value is -4.66. The molecule has 3 aromatic rings. The van der Waals surface area contributed by atoms with Crippen LogP contribution in [0.1, 0.15) is 17.2 Å². The summed E-state index contributed by atoms with van der Waals surface area (Å²) in [6.45, 7) is 2.05. The van der Waals surface area contributed by atoms with E-state index < -0.39 is 17.7 Å². The SMILES string of the molecule is COc1ccccc1C1/C(=C(\O)c2ccc3c(c2)N(C)CCO3)C(=O)C(=O)N1c1ccc2c(c1)OCCO2. The van der Waals surface area contributed by atoms with Crippen LogP contribution < -0.4 is 28.7 Å². The Labute approximate surface area is 219 Å². The molecule has 0 aromatic heterocycles. The molecule has 3 aliphatic heterocycles. The van der Waals surface area contributed by atoms with Gasteiger partial charge in [0.2, 0.25) is 0 Å². The van der Waals surface area contributed by atoms with E-state index in [2.05, 4.69) is 0 Å². The lowest BCUT2D eigenvalue weighted by Gasteiger charge is -2.29. The summed E-state index contributed by atoms with van der Waals surface area (Å²) in [6, 6.07) is 16.5. The van der Waals surface area contributed by atoms with Crippen molar-refractivity contribution >= 4 is 28.8 Å². The molecule has 1 fully saturated rings. The zero-order chi connectivity index (χ0) is 26.4. The summed E-state index contributed by atoms with van der Waals surface area (Å²) in [5.74, 6) is 0.368. The molecule has 0 radical (unpaired) electrons. The highest BCUT2D eigenvalue weighted by Crippen LogP contribution is 2.47. The molecule has 1 N–H and O–H groups in total. The van der Waals surface area contributed by atoms with Crippen LogP contribution in [-0.4, -0.2) is 57.3 Å². The maximum Gasteiger partial charge on any atom is 0.300 e. The molecule has 6 rings (SSSR count). The number of hydrogen-bond acceptors (Lipinski definition) is 8. The summed E-state index contributed by atoms with van der Waals surface area (Å²) in [5.41, 5.74) is 2.15. The summed E-state index contributed by atoms with van der Waals surface area (Å²) in [6.07, 6.45) is 0. The van der Waals surface area contributed by atoms with E-state index in [4.69, 9.17) is 18.9 Å². The van der Waals surface area contributed by atoms with Crippen LogP contribution in [0.5, 0.6) is 23.0 Å². The number of Topliss-reactive ketones (excluding diaryl/α,β-unsaturated/α-hetero) is 1. The number of benzene rings is 3. The zero-order valence-electron chi connectivity index (χ0n) is 21.0. The van der Waals surface area contributed by atoms with Crippen molar-refractivity contribution in [3.05, 3.63) is 77.4 Å². The number of para-hydroxylation sites is 1. The summed E-state index contributed by atoms with van der Waals surface area (Å²) in [7, 11) is 3.45. The van der Waals surface area contributed by atoms with Gasteiger partial charge >= 0.3 is 0 Å². The monoisotopic (exact) mass is 514 g/mol. The van der Waals surface area contributed by atoms with Gasteiger partial charge in [0.15, 0.2) is 11.5 Å². The molecule has 9 heteroatoms. The normalized spacial score (nSPS) is 19.7. The van der Waals surface area contributed by atoms with Crippen LogP contribution in [0.3, 0.4) is 0 Å². The van der Waals surface area contributed by atoms with Gasteiger partial charge in [-0.3, -0.25) is 14.5 Å². The van der Waals surface area contributed by atoms with E-state index in [1.165, 1.54) is 12.0 Å². The Morgan fingerprint density at radius 1 is 0.921 bits per heavy atom. The number of carbonyl (C=O) groups is 2. The van der Waals surface area contributed by atoms with Crippen LogP contribution in [0, 0.1) is 0 Å². The number of aliphatic hydroxyl groups excluding tert-OH is 1. The first-order valence-electron chi connectivity index (χ1n) is 12.3. The van der Waals surface area contributed by atoms with Crippen LogP contribution in [0.4, 0.5) is 11.4 Å². The minimum absolute atomic E-state index is 0.0336. The van der Waals surface area contributed by atoms with Crippen molar-refractivity contribution in [3.8, 4) is 23.0 Å². The van der Waals surface area contributed by atoms with E-state index in [1.807, 2.05) is 11.9 Å². The van der Waals surface area contributed by atoms with Gasteiger partial charge < -0.3 is 29.0 Å². The van der Waals surface area contributed by atoms with E-state index in [-0.39, 0.29) is 11.3 Å². The number of nitrogens with zero attached hydrogens (tertiary/aromatic N) is 2. The molecule has 1 atom stereocenters. The average molecular weight is 515 g/mol. The summed E-state index contributed by atoms with van der Waals surface area (Å²) < 4.78 is 22.7. The quantitative estimate of drug-likeness (QED) is 0.318. The highest BCUT2D eigenvalue weighted by atomic mass is 16.6. The van der Waals surface area contributed by atoms with E-state index in [9.17, 15) is 14.7 Å². The Bertz CT molecular complexity index is 1480. The van der Waals surface area contributed by atoms with Gasteiger partial charge in [-0.15, -0.1) is 0 Å². The Morgan fingerprint density at radius 2 is 1.66 bits per heavy atom. The van der Waals surface area contributed by atoms with Crippen molar-refractivity contribution in [1.29, 1.82) is 0 Å². The molecule has 0 bridgehead atoms. The number of aliphatic hydroxyl groups is 1. The molecular formula is C29H26N2O7. The third-order valence-electron chi connectivity index (χ3n) is 7.01. The summed E-state index contributed by atoms with van der Waals surface area (Å²) in [4.78, 5) is 30.6. The number of hydrogen-bond donors (Lipinski definition) is 1. The molecule has 1 saturated heterocycles. The number of ketones is 1. The van der Waals surface area contributed by atoms with Crippen molar-refractivity contribution in [3.63, 3.8) is 0 Å². The first kappa shape index (κ1) is 23.7. The lowest BCUT2D eigenvalue weighted by Crippen LogP contribution is -2.30. The summed E-state index contributed by atoms with van der Waals surface area (Å²) >= 11 is 0. The fourth-order valence-corrected chi connectivity index (χ4v) is 5.12. The van der Waals surface area contributed by atoms with Crippen molar-refractivity contribution in [1.82, 2.24) is 0 Å². The van der Waals surface area contributed by atoms with Gasteiger partial charge in [-0.1, -0.05) is 18.2 Å². The molecule has 0 saturated carbocycles. The van der Waals surface area contributed by atoms with Crippen LogP contribution >= 0.6 is 0 Å². The van der Waals surface area contributed by atoms with Crippen molar-refractivity contribution in [2.75, 3.05) is 50.3 Å². The molecule has 9 nitrogen and oxygen atoms in total. The molecular weight excluding hydrogens is 488 g/mol. The Balaban J connectivity index is 1.54. The second-order valence-electron chi connectivity index (χ2n) is 9.19. The fourth-order valence-electron chi connectivity index (χ4n) is 5.12. The predicted octanol–water partition coefficient (Wildman–Crippen LogP) is 3.92. The lowest BCUT2D eigenvalue weighted by molar-refractivity contribution is -0.132. The van der Waals surface area contributed by atoms with Gasteiger partial charge in [0, 0.05) is 29.9 Å². The maximum atomic E-state index is 13.6. The minimum atomic E-state index is -0.946. The van der Waals surface area contributed by atoms with Gasteiger partial charge in [-0.2, -0.15) is 0 Å². The van der Waals surface area contributed by atoms with Crippen LogP contribution in [0.25, 0.3) is 5.76 Å². The molecule has 0 spiro atoms. The molecule has 1 unspecified atom stereocenters. The smallest absolute Gasteiger partial charge is 0.300 e. The Morgan fingerprint density at radius 3 is 2.47 bits per heavy atom. The molecule has 3 heterocycles. The minimum Gasteiger partial charge on any atom is -0.507 e. The molecule has 194 valence electrons. The van der Waals surface area contributed by atoms with Crippen molar-refractivity contribution in [2.45, 2.75) is 6.04 Å². The largest absolute Gasteiger partial charge is 0.507 e. The number of amides is 1. The third kappa shape index (κ3) is 3.78. The predicted molar refractivity (Wildman–Crippen MR) is 140 cm³/mol. The van der Waals surface area contributed by atoms with Crippen molar-refractivity contribution in [2.24, 2.45) is 0 Å². The Kier molecular flexibility index (Phi) is 5.83. The van der Waals surface area contributed by atoms with E-state index in [0.717, 1.165) is 5.69 Å². The van der Waals surface area contributed by atoms with Crippen LogP contribution in [-0.2, 0) is 9.59 Å². The zero-order valence-corrected chi connectivity index (χ0v) is 21.0. The number of ether oxygens (including phenoxy) is 4. The molecule has 3 aliphatic rings. The topological polar surface area (TPSA) is 97.8 Å². The standard InChI is InChI=1S/C29H26N2O7/c1-30-11-12-36-22-9-7-17(15-20(22)30)27(32)25-26(19-5-3-4-6-21(19)35-2)31(29(34)28(25)33)18-8-10-23-24(16-18)38-14-13-37-23/h3-10,15-16,26,32H,11-14H2,1-2H3/b27-25+. The maximum absolute atomic E-state index is 13.6. The number of rotatable bonds is 4. The molecule has 38 heavy (non-hydrogen) atoms. The van der Waals surface area contributed by atoms with Crippen LogP contribution in [0.15, 0.2) is 66.2 Å². The van der Waals surface area contributed by atoms with Gasteiger partial charge in [0.25, 0.3) is 11.7 Å². The number of fused-ring (bicyclic) bond motifs is 2. The van der Waals surface area contributed by atoms with E-state index in [1.54, 1.807) is 60.7 Å². The number of anilines is 2. The number of methoxy groups -OCH3 is 1. The second kappa shape index (κ2) is 9.33. The van der Waals surface area contributed by atoms with Gasteiger partial charge in [0.1, 0.15) is 37.1 Å². The van der Waals surface area contributed by atoms with Gasteiger partial charge in [0.05, 0.1) is 31.0 Å². The van der Waals surface area contributed by atoms with E-state index >= 15 is 0 Å². The molecule has 0 aliphatic carbocycles. The van der Waals surface area contributed by atoms with Gasteiger partial charge in [-0.25, -0.2) is 0 Å². The number of carbonyl (C=O) groups excluding carboxylic acids is 2. The van der Waals surface area contributed by atoms with Gasteiger partial charge in [-0.05, 0) is 36.4 Å². The lowest BCUT2D eigenvalue weighted by atomic mass is 9.94. The first-order chi connectivity index (χ1) is 18.5. The molecule has 3 aromatic carbocycles.